The zero-order chi connectivity index (χ0) is 17.2. The van der Waals surface area contributed by atoms with Crippen molar-refractivity contribution in [3.63, 3.8) is 0 Å². The first-order valence-electron chi connectivity index (χ1n) is 7.51. The van der Waals surface area contributed by atoms with Gasteiger partial charge >= 0.3 is 0 Å². The van der Waals surface area contributed by atoms with Gasteiger partial charge in [-0.15, -0.1) is 0 Å². The largest absolute Gasteiger partial charge is 0.497 e. The predicted octanol–water partition coefficient (Wildman–Crippen LogP) is 2.36. The molecule has 128 valence electrons. The molecule has 3 rings (SSSR count). The summed E-state index contributed by atoms with van der Waals surface area (Å²) in [6.45, 7) is 2.17. The lowest BCUT2D eigenvalue weighted by Crippen LogP contribution is -2.48. The van der Waals surface area contributed by atoms with Gasteiger partial charge in [0.15, 0.2) is 0 Å². The Morgan fingerprint density at radius 3 is 2.33 bits per heavy atom. The number of aromatic nitrogens is 1. The Bertz CT molecular complexity index is 804. The zero-order valence-electron chi connectivity index (χ0n) is 13.2. The van der Waals surface area contributed by atoms with Crippen LogP contribution in [0.4, 0.5) is 5.69 Å². The number of sulfonamides is 1. The number of rotatable bonds is 4. The molecule has 1 aliphatic heterocycles. The molecule has 0 aliphatic carbocycles. The van der Waals surface area contributed by atoms with Crippen LogP contribution in [0, 0.1) is 0 Å². The number of pyridine rings is 1. The number of piperazine rings is 1. The van der Waals surface area contributed by atoms with Crippen LogP contribution in [0.15, 0.2) is 52.1 Å². The smallest absolute Gasteiger partial charge is 0.243 e. The van der Waals surface area contributed by atoms with Crippen LogP contribution in [0.1, 0.15) is 0 Å². The molecule has 0 bridgehead atoms. The Morgan fingerprint density at radius 1 is 1.08 bits per heavy atom. The molecular formula is C16H18BrN3O3S. The van der Waals surface area contributed by atoms with E-state index >= 15 is 0 Å². The molecule has 1 aliphatic rings. The number of ether oxygens (including phenoxy) is 1. The molecule has 6 nitrogen and oxygen atoms in total. The first-order valence-corrected chi connectivity index (χ1v) is 9.74. The first kappa shape index (κ1) is 17.2. The molecule has 0 atom stereocenters. The Labute approximate surface area is 150 Å². The molecule has 0 spiro atoms. The van der Waals surface area contributed by atoms with E-state index in [0.29, 0.717) is 36.8 Å². The SMILES string of the molecule is COc1ccc(S(=O)(=O)N2CCN(c3ccncc3Br)CC2)cc1. The fraction of sp³-hybridized carbons (Fsp3) is 0.312. The summed E-state index contributed by atoms with van der Waals surface area (Å²) in [6, 6.07) is 8.42. The summed E-state index contributed by atoms with van der Waals surface area (Å²) in [5, 5.41) is 0. The molecule has 2 aromatic rings. The van der Waals surface area contributed by atoms with E-state index in [4.69, 9.17) is 4.74 Å². The Balaban J connectivity index is 1.72. The summed E-state index contributed by atoms with van der Waals surface area (Å²) in [6.07, 6.45) is 3.48. The summed E-state index contributed by atoms with van der Waals surface area (Å²) in [4.78, 5) is 6.51. The monoisotopic (exact) mass is 411 g/mol. The van der Waals surface area contributed by atoms with Gasteiger partial charge in [0, 0.05) is 38.6 Å². The lowest BCUT2D eigenvalue weighted by molar-refractivity contribution is 0.384. The van der Waals surface area contributed by atoms with Crippen molar-refractivity contribution in [2.24, 2.45) is 0 Å². The molecule has 8 heteroatoms. The van der Waals surface area contributed by atoms with E-state index < -0.39 is 10.0 Å². The average Bonchev–Trinajstić information content (AvgIpc) is 2.62. The van der Waals surface area contributed by atoms with Gasteiger partial charge in [0.25, 0.3) is 0 Å². The molecule has 1 aromatic heterocycles. The van der Waals surface area contributed by atoms with Crippen LogP contribution in [0.3, 0.4) is 0 Å². The van der Waals surface area contributed by atoms with Gasteiger partial charge in [-0.3, -0.25) is 4.98 Å². The molecule has 1 fully saturated rings. The highest BCUT2D eigenvalue weighted by Gasteiger charge is 2.29. The number of hydrogen-bond donors (Lipinski definition) is 0. The van der Waals surface area contributed by atoms with Crippen molar-refractivity contribution in [2.45, 2.75) is 4.90 Å². The third-order valence-corrected chi connectivity index (χ3v) is 6.55. The lowest BCUT2D eigenvalue weighted by atomic mass is 10.3. The van der Waals surface area contributed by atoms with Gasteiger partial charge in [-0.1, -0.05) is 0 Å². The third kappa shape index (κ3) is 3.40. The minimum atomic E-state index is -3.48. The quantitative estimate of drug-likeness (QED) is 0.772. The fourth-order valence-corrected chi connectivity index (χ4v) is 4.61. The van der Waals surface area contributed by atoms with E-state index in [-0.39, 0.29) is 0 Å². The summed E-state index contributed by atoms with van der Waals surface area (Å²) in [5.41, 5.74) is 1.03. The molecule has 2 heterocycles. The van der Waals surface area contributed by atoms with E-state index in [0.717, 1.165) is 10.2 Å². The molecule has 0 saturated carbocycles. The number of methoxy groups -OCH3 is 1. The molecule has 0 N–H and O–H groups in total. The molecule has 0 radical (unpaired) electrons. The van der Waals surface area contributed by atoms with Crippen molar-refractivity contribution in [1.29, 1.82) is 0 Å². The molecule has 0 amide bonds. The minimum absolute atomic E-state index is 0.293. The van der Waals surface area contributed by atoms with Crippen LogP contribution in [0.2, 0.25) is 0 Å². The van der Waals surface area contributed by atoms with Gasteiger partial charge in [0.2, 0.25) is 10.0 Å². The maximum absolute atomic E-state index is 12.7. The van der Waals surface area contributed by atoms with Crippen molar-refractivity contribution in [3.05, 3.63) is 47.2 Å². The third-order valence-electron chi connectivity index (χ3n) is 4.03. The van der Waals surface area contributed by atoms with Gasteiger partial charge in [0.1, 0.15) is 5.75 Å². The Hall–Kier alpha value is -1.64. The second-order valence-corrected chi connectivity index (χ2v) is 8.19. The Morgan fingerprint density at radius 2 is 1.75 bits per heavy atom. The van der Waals surface area contributed by atoms with Gasteiger partial charge in [-0.2, -0.15) is 4.31 Å². The predicted molar refractivity (Wildman–Crippen MR) is 95.9 cm³/mol. The van der Waals surface area contributed by atoms with Crippen LogP contribution >= 0.6 is 15.9 Å². The number of hydrogen-bond acceptors (Lipinski definition) is 5. The highest BCUT2D eigenvalue weighted by molar-refractivity contribution is 9.10. The molecule has 0 unspecified atom stereocenters. The standard InChI is InChI=1S/C16H18BrN3O3S/c1-23-13-2-4-14(5-3-13)24(21,22)20-10-8-19(9-11-20)16-6-7-18-12-15(16)17/h2-7,12H,8-11H2,1H3. The van der Waals surface area contributed by atoms with E-state index in [9.17, 15) is 8.42 Å². The van der Waals surface area contributed by atoms with E-state index in [1.165, 1.54) is 4.31 Å². The van der Waals surface area contributed by atoms with Crippen molar-refractivity contribution >= 4 is 31.6 Å². The Kier molecular flexibility index (Phi) is 5.07. The molecule has 24 heavy (non-hydrogen) atoms. The van der Waals surface area contributed by atoms with Gasteiger partial charge in [-0.05, 0) is 46.3 Å². The molecule has 1 saturated heterocycles. The van der Waals surface area contributed by atoms with Crippen LogP contribution in [-0.2, 0) is 10.0 Å². The van der Waals surface area contributed by atoms with Gasteiger partial charge in [-0.25, -0.2) is 8.42 Å². The maximum Gasteiger partial charge on any atom is 0.243 e. The number of nitrogens with zero attached hydrogens (tertiary/aromatic N) is 3. The summed E-state index contributed by atoms with van der Waals surface area (Å²) in [5.74, 6) is 0.640. The normalized spacial score (nSPS) is 16.2. The van der Waals surface area contributed by atoms with Gasteiger partial charge < -0.3 is 9.64 Å². The second-order valence-electron chi connectivity index (χ2n) is 5.39. The van der Waals surface area contributed by atoms with E-state index in [1.54, 1.807) is 43.8 Å². The minimum Gasteiger partial charge on any atom is -0.497 e. The zero-order valence-corrected chi connectivity index (χ0v) is 15.6. The van der Waals surface area contributed by atoms with Crippen LogP contribution in [0.25, 0.3) is 0 Å². The van der Waals surface area contributed by atoms with Crippen molar-refractivity contribution in [2.75, 3.05) is 38.2 Å². The van der Waals surface area contributed by atoms with E-state index in [2.05, 4.69) is 25.8 Å². The average molecular weight is 412 g/mol. The fourth-order valence-electron chi connectivity index (χ4n) is 2.69. The van der Waals surface area contributed by atoms with Crippen LogP contribution in [-0.4, -0.2) is 51.0 Å². The summed E-state index contributed by atoms with van der Waals surface area (Å²) in [7, 11) is -1.92. The number of anilines is 1. The maximum atomic E-state index is 12.7. The second kappa shape index (κ2) is 7.08. The van der Waals surface area contributed by atoms with Crippen molar-refractivity contribution in [3.8, 4) is 5.75 Å². The molecular weight excluding hydrogens is 394 g/mol. The van der Waals surface area contributed by atoms with Gasteiger partial charge in [0.05, 0.1) is 22.2 Å². The number of benzene rings is 1. The summed E-state index contributed by atoms with van der Waals surface area (Å²) >= 11 is 3.49. The highest BCUT2D eigenvalue weighted by Crippen LogP contribution is 2.27. The van der Waals surface area contributed by atoms with Crippen LogP contribution in [0.5, 0.6) is 5.75 Å². The number of halogens is 1. The van der Waals surface area contributed by atoms with Crippen LogP contribution < -0.4 is 9.64 Å². The molecule has 1 aromatic carbocycles. The first-order chi connectivity index (χ1) is 11.5. The van der Waals surface area contributed by atoms with E-state index in [1.807, 2.05) is 6.07 Å². The van der Waals surface area contributed by atoms with Crippen molar-refractivity contribution < 1.29 is 13.2 Å². The summed E-state index contributed by atoms with van der Waals surface area (Å²) < 4.78 is 33.0. The van der Waals surface area contributed by atoms with Crippen molar-refractivity contribution in [1.82, 2.24) is 9.29 Å². The lowest BCUT2D eigenvalue weighted by Gasteiger charge is -2.35. The topological polar surface area (TPSA) is 62.7 Å². The highest BCUT2D eigenvalue weighted by atomic mass is 79.9.